The van der Waals surface area contributed by atoms with Gasteiger partial charge in [-0.05, 0) is 26.3 Å². The summed E-state index contributed by atoms with van der Waals surface area (Å²) in [5.41, 5.74) is 0. The molecule has 1 aliphatic rings. The fourth-order valence-electron chi connectivity index (χ4n) is 2.51. The second-order valence-corrected chi connectivity index (χ2v) is 6.29. The SMILES string of the molecule is CN(CC(=O)NCCCOC1CCCCC1)CC(=O)N(C)C. The van der Waals surface area contributed by atoms with Crippen molar-refractivity contribution in [1.82, 2.24) is 15.1 Å². The highest BCUT2D eigenvalue weighted by Crippen LogP contribution is 2.20. The first kappa shape index (κ1) is 18.9. The van der Waals surface area contributed by atoms with Gasteiger partial charge < -0.3 is 15.0 Å². The molecule has 0 aliphatic heterocycles. The molecule has 0 aromatic carbocycles. The molecule has 0 saturated heterocycles. The van der Waals surface area contributed by atoms with E-state index in [1.165, 1.54) is 37.0 Å². The van der Waals surface area contributed by atoms with Crippen LogP contribution >= 0.6 is 0 Å². The maximum Gasteiger partial charge on any atom is 0.236 e. The van der Waals surface area contributed by atoms with Crippen molar-refractivity contribution in [3.63, 3.8) is 0 Å². The third-order valence-corrected chi connectivity index (χ3v) is 3.87. The number of rotatable bonds is 9. The van der Waals surface area contributed by atoms with E-state index in [2.05, 4.69) is 5.32 Å². The van der Waals surface area contributed by atoms with E-state index in [4.69, 9.17) is 4.74 Å². The summed E-state index contributed by atoms with van der Waals surface area (Å²) in [7, 11) is 5.19. The molecule has 0 aromatic heterocycles. The second kappa shape index (κ2) is 10.6. The molecule has 1 aliphatic carbocycles. The van der Waals surface area contributed by atoms with Gasteiger partial charge in [0.05, 0.1) is 19.2 Å². The topological polar surface area (TPSA) is 61.9 Å². The van der Waals surface area contributed by atoms with Gasteiger partial charge in [-0.2, -0.15) is 0 Å². The van der Waals surface area contributed by atoms with Crippen molar-refractivity contribution >= 4 is 11.8 Å². The normalized spacial score (nSPS) is 15.8. The summed E-state index contributed by atoms with van der Waals surface area (Å²) >= 11 is 0. The minimum atomic E-state index is -0.0493. The zero-order valence-corrected chi connectivity index (χ0v) is 14.3. The maximum absolute atomic E-state index is 11.8. The van der Waals surface area contributed by atoms with Crippen molar-refractivity contribution in [2.24, 2.45) is 0 Å². The van der Waals surface area contributed by atoms with Gasteiger partial charge >= 0.3 is 0 Å². The van der Waals surface area contributed by atoms with Gasteiger partial charge in [0.1, 0.15) is 0 Å². The zero-order chi connectivity index (χ0) is 16.4. The Morgan fingerprint density at radius 3 is 2.41 bits per heavy atom. The van der Waals surface area contributed by atoms with E-state index >= 15 is 0 Å². The van der Waals surface area contributed by atoms with Gasteiger partial charge in [-0.15, -0.1) is 0 Å². The van der Waals surface area contributed by atoms with Crippen molar-refractivity contribution in [3.05, 3.63) is 0 Å². The van der Waals surface area contributed by atoms with E-state index in [1.807, 2.05) is 0 Å². The van der Waals surface area contributed by atoms with Crippen LogP contribution in [0.3, 0.4) is 0 Å². The van der Waals surface area contributed by atoms with Gasteiger partial charge in [0, 0.05) is 27.2 Å². The molecule has 0 atom stereocenters. The average molecular weight is 313 g/mol. The molecule has 0 radical (unpaired) electrons. The van der Waals surface area contributed by atoms with Gasteiger partial charge in [0.25, 0.3) is 0 Å². The van der Waals surface area contributed by atoms with Crippen LogP contribution in [0.2, 0.25) is 0 Å². The van der Waals surface area contributed by atoms with Crippen LogP contribution in [0.4, 0.5) is 0 Å². The summed E-state index contributed by atoms with van der Waals surface area (Å²) < 4.78 is 5.81. The highest BCUT2D eigenvalue weighted by atomic mass is 16.5. The number of hydrogen-bond acceptors (Lipinski definition) is 4. The Balaban J connectivity index is 2.01. The van der Waals surface area contributed by atoms with E-state index in [0.717, 1.165) is 6.42 Å². The largest absolute Gasteiger partial charge is 0.378 e. The molecular weight excluding hydrogens is 282 g/mol. The van der Waals surface area contributed by atoms with Crippen molar-refractivity contribution in [1.29, 1.82) is 0 Å². The number of hydrogen-bond donors (Lipinski definition) is 1. The second-order valence-electron chi connectivity index (χ2n) is 6.29. The van der Waals surface area contributed by atoms with Crippen LogP contribution in [0.25, 0.3) is 0 Å². The van der Waals surface area contributed by atoms with Crippen LogP contribution in [0.1, 0.15) is 38.5 Å². The minimum Gasteiger partial charge on any atom is -0.378 e. The Hall–Kier alpha value is -1.14. The van der Waals surface area contributed by atoms with Crippen molar-refractivity contribution < 1.29 is 14.3 Å². The van der Waals surface area contributed by atoms with E-state index in [9.17, 15) is 9.59 Å². The van der Waals surface area contributed by atoms with E-state index < -0.39 is 0 Å². The fourth-order valence-corrected chi connectivity index (χ4v) is 2.51. The summed E-state index contributed by atoms with van der Waals surface area (Å²) in [5, 5.41) is 2.87. The molecule has 1 N–H and O–H groups in total. The predicted octanol–water partition coefficient (Wildman–Crippen LogP) is 0.862. The van der Waals surface area contributed by atoms with Crippen molar-refractivity contribution in [3.8, 4) is 0 Å². The van der Waals surface area contributed by atoms with Crippen LogP contribution in [-0.4, -0.2) is 75.1 Å². The molecule has 1 fully saturated rings. The summed E-state index contributed by atoms with van der Waals surface area (Å²) in [5.74, 6) is -0.0529. The first-order valence-electron chi connectivity index (χ1n) is 8.26. The van der Waals surface area contributed by atoms with Gasteiger partial charge in [0.15, 0.2) is 0 Å². The third kappa shape index (κ3) is 8.34. The first-order valence-corrected chi connectivity index (χ1v) is 8.26. The number of amides is 2. The lowest BCUT2D eigenvalue weighted by atomic mass is 9.98. The summed E-state index contributed by atoms with van der Waals surface area (Å²) in [6.45, 7) is 1.83. The molecule has 0 aromatic rings. The highest BCUT2D eigenvalue weighted by Gasteiger charge is 2.14. The Kier molecular flexibility index (Phi) is 9.08. The quantitative estimate of drug-likeness (QED) is 0.642. The number of ether oxygens (including phenoxy) is 1. The zero-order valence-electron chi connectivity index (χ0n) is 14.3. The highest BCUT2D eigenvalue weighted by molar-refractivity contribution is 5.80. The van der Waals surface area contributed by atoms with E-state index in [1.54, 1.807) is 26.0 Å². The lowest BCUT2D eigenvalue weighted by molar-refractivity contribution is -0.130. The standard InChI is InChI=1S/C16H31N3O3/c1-18(2)16(21)13-19(3)12-15(20)17-10-7-11-22-14-8-5-4-6-9-14/h14H,4-13H2,1-3H3,(H,17,20). The minimum absolute atomic E-state index is 0.00354. The number of carbonyl (C=O) groups is 2. The maximum atomic E-state index is 11.8. The summed E-state index contributed by atoms with van der Waals surface area (Å²) in [4.78, 5) is 26.5. The van der Waals surface area contributed by atoms with Crippen LogP contribution in [0, 0.1) is 0 Å². The predicted molar refractivity (Wildman–Crippen MR) is 86.6 cm³/mol. The van der Waals surface area contributed by atoms with Crippen LogP contribution < -0.4 is 5.32 Å². The van der Waals surface area contributed by atoms with Gasteiger partial charge in [-0.3, -0.25) is 14.5 Å². The van der Waals surface area contributed by atoms with E-state index in [-0.39, 0.29) is 24.9 Å². The summed E-state index contributed by atoms with van der Waals surface area (Å²) in [6, 6.07) is 0. The number of nitrogens with zero attached hydrogens (tertiary/aromatic N) is 2. The average Bonchev–Trinajstić information content (AvgIpc) is 2.47. The first-order chi connectivity index (χ1) is 10.5. The molecule has 0 spiro atoms. The molecule has 1 saturated carbocycles. The molecule has 2 amide bonds. The molecule has 22 heavy (non-hydrogen) atoms. The Morgan fingerprint density at radius 2 is 1.77 bits per heavy atom. The fraction of sp³-hybridized carbons (Fsp3) is 0.875. The molecular formula is C16H31N3O3. The smallest absolute Gasteiger partial charge is 0.236 e. The third-order valence-electron chi connectivity index (χ3n) is 3.87. The Bertz CT molecular complexity index is 342. The van der Waals surface area contributed by atoms with Gasteiger partial charge in [0.2, 0.25) is 11.8 Å². The van der Waals surface area contributed by atoms with Crippen LogP contribution in [-0.2, 0) is 14.3 Å². The van der Waals surface area contributed by atoms with E-state index in [0.29, 0.717) is 19.3 Å². The Labute approximate surface area is 134 Å². The number of carbonyl (C=O) groups excluding carboxylic acids is 2. The summed E-state index contributed by atoms with van der Waals surface area (Å²) in [6.07, 6.45) is 7.50. The molecule has 0 unspecified atom stereocenters. The number of nitrogens with one attached hydrogen (secondary N) is 1. The molecule has 1 rings (SSSR count). The van der Waals surface area contributed by atoms with Crippen LogP contribution in [0.5, 0.6) is 0 Å². The molecule has 6 nitrogen and oxygen atoms in total. The monoisotopic (exact) mass is 313 g/mol. The van der Waals surface area contributed by atoms with Crippen molar-refractivity contribution in [2.45, 2.75) is 44.6 Å². The molecule has 0 heterocycles. The molecule has 0 bridgehead atoms. The van der Waals surface area contributed by atoms with Gasteiger partial charge in [-0.25, -0.2) is 0 Å². The Morgan fingerprint density at radius 1 is 1.09 bits per heavy atom. The van der Waals surface area contributed by atoms with Gasteiger partial charge in [-0.1, -0.05) is 19.3 Å². The molecule has 6 heteroatoms. The lowest BCUT2D eigenvalue weighted by Gasteiger charge is -2.22. The number of likely N-dealkylation sites (N-methyl/N-ethyl adjacent to an activating group) is 2. The van der Waals surface area contributed by atoms with Crippen molar-refractivity contribution in [2.75, 3.05) is 47.4 Å². The molecule has 128 valence electrons. The lowest BCUT2D eigenvalue weighted by Crippen LogP contribution is -2.40. The van der Waals surface area contributed by atoms with Crippen LogP contribution in [0.15, 0.2) is 0 Å².